The summed E-state index contributed by atoms with van der Waals surface area (Å²) >= 11 is 1.80. The van der Waals surface area contributed by atoms with E-state index in [-0.39, 0.29) is 0 Å². The third kappa shape index (κ3) is 4.75. The third-order valence-electron chi connectivity index (χ3n) is 11.9. The van der Waals surface area contributed by atoms with E-state index in [0.29, 0.717) is 17.6 Å². The van der Waals surface area contributed by atoms with Gasteiger partial charge in [0.2, 0.25) is 5.95 Å². The van der Waals surface area contributed by atoms with Crippen molar-refractivity contribution < 1.29 is 0 Å². The number of rotatable bonds is 4. The van der Waals surface area contributed by atoms with Gasteiger partial charge in [-0.25, -0.2) is 4.98 Å². The van der Waals surface area contributed by atoms with Crippen LogP contribution < -0.4 is 0 Å². The van der Waals surface area contributed by atoms with Crippen molar-refractivity contribution >= 4 is 96.7 Å². The van der Waals surface area contributed by atoms with Crippen LogP contribution in [0.15, 0.2) is 188 Å². The van der Waals surface area contributed by atoms with Gasteiger partial charge in [0.15, 0.2) is 11.6 Å². The van der Waals surface area contributed by atoms with Crippen molar-refractivity contribution in [1.29, 1.82) is 0 Å². The Labute approximate surface area is 341 Å². The number of aromatic nitrogens is 5. The van der Waals surface area contributed by atoms with E-state index in [1.807, 2.05) is 18.2 Å². The average Bonchev–Trinajstić information content (AvgIpc) is 3.97. The lowest BCUT2D eigenvalue weighted by atomic mass is 10.00. The maximum absolute atomic E-state index is 5.48. The second-order valence-electron chi connectivity index (χ2n) is 15.2. The molecule has 0 radical (unpaired) electrons. The molecule has 59 heavy (non-hydrogen) atoms. The topological polar surface area (TPSA) is 48.5 Å². The zero-order valence-electron chi connectivity index (χ0n) is 31.5. The van der Waals surface area contributed by atoms with Crippen molar-refractivity contribution in [2.45, 2.75) is 0 Å². The first-order chi connectivity index (χ1) is 29.3. The van der Waals surface area contributed by atoms with Gasteiger partial charge >= 0.3 is 0 Å². The minimum absolute atomic E-state index is 0.580. The number of nitrogens with zero attached hydrogens (tertiary/aromatic N) is 5. The van der Waals surface area contributed by atoms with Crippen LogP contribution in [0.25, 0.3) is 120 Å². The van der Waals surface area contributed by atoms with Crippen LogP contribution in [0.4, 0.5) is 0 Å². The number of para-hydroxylation sites is 2. The van der Waals surface area contributed by atoms with E-state index in [1.165, 1.54) is 63.5 Å². The summed E-state index contributed by atoms with van der Waals surface area (Å²) in [6.45, 7) is 0. The van der Waals surface area contributed by atoms with E-state index >= 15 is 0 Å². The fourth-order valence-electron chi connectivity index (χ4n) is 9.38. The predicted octanol–water partition coefficient (Wildman–Crippen LogP) is 14.1. The highest BCUT2D eigenvalue weighted by molar-refractivity contribution is 7.26. The summed E-state index contributed by atoms with van der Waals surface area (Å²) in [5, 5.41) is 12.0. The van der Waals surface area contributed by atoms with Crippen molar-refractivity contribution in [3.63, 3.8) is 0 Å². The minimum atomic E-state index is 0.580. The molecule has 0 aliphatic rings. The summed E-state index contributed by atoms with van der Waals surface area (Å²) in [5.41, 5.74) is 7.47. The van der Waals surface area contributed by atoms with Gasteiger partial charge in [-0.15, -0.1) is 11.3 Å². The van der Waals surface area contributed by atoms with Gasteiger partial charge in [0.25, 0.3) is 0 Å². The molecule has 0 fully saturated rings. The molecule has 0 aliphatic carbocycles. The highest BCUT2D eigenvalue weighted by Gasteiger charge is 2.23. The molecule has 0 bridgehead atoms. The molecule has 0 spiro atoms. The third-order valence-corrected chi connectivity index (χ3v) is 13.1. The van der Waals surface area contributed by atoms with E-state index in [9.17, 15) is 0 Å². The Kier molecular flexibility index (Phi) is 6.82. The van der Waals surface area contributed by atoms with Gasteiger partial charge in [-0.3, -0.25) is 4.57 Å². The van der Waals surface area contributed by atoms with Crippen LogP contribution >= 0.6 is 11.3 Å². The summed E-state index contributed by atoms with van der Waals surface area (Å²) in [7, 11) is 0. The van der Waals surface area contributed by atoms with Crippen molar-refractivity contribution in [2.24, 2.45) is 0 Å². The molecule has 4 heterocycles. The number of hydrogen-bond acceptors (Lipinski definition) is 4. The monoisotopic (exact) mass is 769 g/mol. The van der Waals surface area contributed by atoms with Crippen LogP contribution in [-0.2, 0) is 0 Å². The van der Waals surface area contributed by atoms with Crippen LogP contribution in [0.5, 0.6) is 0 Å². The van der Waals surface area contributed by atoms with E-state index in [0.717, 1.165) is 38.6 Å². The largest absolute Gasteiger partial charge is 0.309 e. The lowest BCUT2D eigenvalue weighted by Gasteiger charge is -2.13. The molecule has 274 valence electrons. The number of fused-ring (bicyclic) bond motifs is 13. The summed E-state index contributed by atoms with van der Waals surface area (Å²) in [4.78, 5) is 16.1. The smallest absolute Gasteiger partial charge is 0.238 e. The Morgan fingerprint density at radius 3 is 1.75 bits per heavy atom. The summed E-state index contributed by atoms with van der Waals surface area (Å²) in [6, 6.07) is 67.2. The zero-order valence-corrected chi connectivity index (χ0v) is 32.4. The lowest BCUT2D eigenvalue weighted by Crippen LogP contribution is -2.06. The van der Waals surface area contributed by atoms with Crippen molar-refractivity contribution in [3.8, 4) is 34.4 Å². The first-order valence-corrected chi connectivity index (χ1v) is 20.7. The molecule has 13 aromatic rings. The van der Waals surface area contributed by atoms with E-state index in [2.05, 4.69) is 179 Å². The van der Waals surface area contributed by atoms with Gasteiger partial charge in [-0.05, 0) is 70.1 Å². The summed E-state index contributed by atoms with van der Waals surface area (Å²) in [5.74, 6) is 1.86. The van der Waals surface area contributed by atoms with Crippen LogP contribution in [-0.4, -0.2) is 24.1 Å². The van der Waals surface area contributed by atoms with Gasteiger partial charge < -0.3 is 4.57 Å². The molecule has 0 unspecified atom stereocenters. The molecule has 9 aromatic carbocycles. The molecule has 0 saturated carbocycles. The minimum Gasteiger partial charge on any atom is -0.309 e. The van der Waals surface area contributed by atoms with Gasteiger partial charge in [0, 0.05) is 58.5 Å². The molecule has 13 rings (SSSR count). The standard InChI is InChI=1S/C53H31N5S/c1-2-15-33(16-3-1)51-54-52(42-30-34-17-5-7-19-37(34)49-40-22-10-13-25-47(40)59-50(42)49)56-53(55-51)58-45-29-27-35(31-41(45)48-36-18-6-4-14-32(36)26-28-46(48)58)57-43-23-11-8-20-38(43)39-21-9-12-24-44(39)57/h1-31H. The Balaban J connectivity index is 1.14. The van der Waals surface area contributed by atoms with Crippen LogP contribution in [0.3, 0.4) is 0 Å². The molecule has 5 nitrogen and oxygen atoms in total. The Morgan fingerprint density at radius 2 is 0.966 bits per heavy atom. The maximum atomic E-state index is 5.48. The van der Waals surface area contributed by atoms with Crippen molar-refractivity contribution in [2.75, 3.05) is 0 Å². The predicted molar refractivity (Wildman–Crippen MR) is 247 cm³/mol. The molecule has 0 atom stereocenters. The maximum Gasteiger partial charge on any atom is 0.238 e. The highest BCUT2D eigenvalue weighted by atomic mass is 32.1. The number of thiophene rings is 1. The molecule has 0 saturated heterocycles. The Bertz CT molecular complexity index is 3800. The molecule has 0 N–H and O–H groups in total. The van der Waals surface area contributed by atoms with Gasteiger partial charge in [-0.1, -0.05) is 140 Å². The number of benzene rings is 9. The van der Waals surface area contributed by atoms with E-state index < -0.39 is 0 Å². The van der Waals surface area contributed by atoms with Crippen LogP contribution in [0.2, 0.25) is 0 Å². The molecule has 6 heteroatoms. The van der Waals surface area contributed by atoms with E-state index in [1.54, 1.807) is 11.3 Å². The molecular weight excluding hydrogens is 739 g/mol. The first-order valence-electron chi connectivity index (χ1n) is 19.9. The van der Waals surface area contributed by atoms with Crippen LogP contribution in [0, 0.1) is 0 Å². The lowest BCUT2D eigenvalue weighted by molar-refractivity contribution is 0.954. The van der Waals surface area contributed by atoms with Crippen LogP contribution in [0.1, 0.15) is 0 Å². The van der Waals surface area contributed by atoms with E-state index in [4.69, 9.17) is 15.0 Å². The van der Waals surface area contributed by atoms with Gasteiger partial charge in [0.05, 0.1) is 22.1 Å². The number of hydrogen-bond donors (Lipinski definition) is 0. The second kappa shape index (κ2) is 12.4. The average molecular weight is 770 g/mol. The molecule has 4 aromatic heterocycles. The second-order valence-corrected chi connectivity index (χ2v) is 16.2. The molecular formula is C53H31N5S. The fourth-order valence-corrected chi connectivity index (χ4v) is 10.6. The normalized spacial score (nSPS) is 12.1. The summed E-state index contributed by atoms with van der Waals surface area (Å²) in [6.07, 6.45) is 0. The first kappa shape index (κ1) is 32.4. The fraction of sp³-hybridized carbons (Fsp3) is 0. The van der Waals surface area contributed by atoms with Crippen molar-refractivity contribution in [1.82, 2.24) is 24.1 Å². The van der Waals surface area contributed by atoms with Gasteiger partial charge in [-0.2, -0.15) is 9.97 Å². The zero-order chi connectivity index (χ0) is 38.6. The van der Waals surface area contributed by atoms with Gasteiger partial charge in [0.1, 0.15) is 0 Å². The molecule has 0 aliphatic heterocycles. The Morgan fingerprint density at radius 1 is 0.373 bits per heavy atom. The molecule has 0 amide bonds. The highest BCUT2D eigenvalue weighted by Crippen LogP contribution is 2.45. The Hall–Kier alpha value is -7.67. The SMILES string of the molecule is c1ccc(-c2nc(-c3cc4ccccc4c4c3sc3ccccc34)nc(-n3c4ccc(-n5c6ccccc6c6ccccc65)cc4c4c5ccccc5ccc43)n2)cc1. The van der Waals surface area contributed by atoms with Crippen molar-refractivity contribution in [3.05, 3.63) is 188 Å². The summed E-state index contributed by atoms with van der Waals surface area (Å²) < 4.78 is 7.05. The quantitative estimate of drug-likeness (QED) is 0.179.